The second-order valence-corrected chi connectivity index (χ2v) is 9.26. The first-order chi connectivity index (χ1) is 17.7. The van der Waals surface area contributed by atoms with Crippen LogP contribution in [0.15, 0.2) is 53.3 Å². The molecule has 0 aliphatic carbocycles. The Morgan fingerprint density at radius 1 is 0.946 bits per heavy atom. The van der Waals surface area contributed by atoms with Crippen LogP contribution in [0.4, 0.5) is 11.4 Å². The van der Waals surface area contributed by atoms with Crippen molar-refractivity contribution >= 4 is 44.8 Å². The van der Waals surface area contributed by atoms with Crippen LogP contribution < -0.4 is 19.6 Å². The van der Waals surface area contributed by atoms with Crippen LogP contribution in [0.25, 0.3) is 22.1 Å². The monoisotopic (exact) mass is 518 g/mol. The van der Waals surface area contributed by atoms with E-state index in [4.69, 9.17) is 9.47 Å². The van der Waals surface area contributed by atoms with Crippen LogP contribution in [-0.2, 0) is 0 Å². The van der Waals surface area contributed by atoms with E-state index in [9.17, 15) is 25.0 Å². The summed E-state index contributed by atoms with van der Waals surface area (Å²) in [6, 6.07) is 11.9. The molecule has 0 bridgehead atoms. The summed E-state index contributed by atoms with van der Waals surface area (Å²) in [6.07, 6.45) is 1.70. The summed E-state index contributed by atoms with van der Waals surface area (Å²) in [7, 11) is 1.41. The summed E-state index contributed by atoms with van der Waals surface area (Å²) >= 11 is 1.27. The van der Waals surface area contributed by atoms with Gasteiger partial charge in [-0.1, -0.05) is 17.4 Å². The van der Waals surface area contributed by atoms with E-state index in [0.717, 1.165) is 40.4 Å². The van der Waals surface area contributed by atoms with E-state index in [-0.39, 0.29) is 22.8 Å². The highest BCUT2D eigenvalue weighted by Crippen LogP contribution is 2.38. The van der Waals surface area contributed by atoms with Crippen molar-refractivity contribution in [2.45, 2.75) is 13.8 Å². The van der Waals surface area contributed by atoms with Crippen molar-refractivity contribution in [3.8, 4) is 17.2 Å². The van der Waals surface area contributed by atoms with E-state index in [1.807, 2.05) is 26.0 Å². The van der Waals surface area contributed by atoms with Crippen molar-refractivity contribution in [2.24, 2.45) is 0 Å². The summed E-state index contributed by atoms with van der Waals surface area (Å²) in [6.45, 7) is 3.99. The highest BCUT2D eigenvalue weighted by molar-refractivity contribution is 7.15. The van der Waals surface area contributed by atoms with Crippen molar-refractivity contribution in [1.82, 2.24) is 9.38 Å². The third kappa shape index (κ3) is 4.23. The number of nitrogens with zero attached hydrogens (tertiary/aromatic N) is 4. The molecule has 186 valence electrons. The number of aryl methyl sites for hydroxylation is 2. The Labute approximate surface area is 212 Å². The zero-order chi connectivity index (χ0) is 26.4. The maximum atomic E-state index is 13.2. The number of thiazole rings is 1. The fourth-order valence-electron chi connectivity index (χ4n) is 3.89. The van der Waals surface area contributed by atoms with Gasteiger partial charge in [-0.15, -0.1) is 0 Å². The summed E-state index contributed by atoms with van der Waals surface area (Å²) in [5.41, 5.74) is 3.16. The number of ether oxygens (including phenoxy) is 2. The number of aromatic nitrogens is 2. The Hall–Kier alpha value is -4.84. The summed E-state index contributed by atoms with van der Waals surface area (Å²) in [5.74, 6) is 0.243. The lowest BCUT2D eigenvalue weighted by Gasteiger charge is -2.11. The standard InChI is InChI=1S/C25H18N4O7S/c1-13-8-17-18(9-14(13)2)27-24(30)23(37-25(27)26-17)11-15-4-6-21(22(10-15)35-3)36-20-7-5-16(28(31)32)12-19(20)29(33)34/h4-12H,1-3H3/b23-11-. The average molecular weight is 519 g/mol. The molecule has 0 saturated carbocycles. The molecule has 0 radical (unpaired) electrons. The van der Waals surface area contributed by atoms with Gasteiger partial charge < -0.3 is 9.47 Å². The number of nitro groups is 2. The molecule has 0 saturated heterocycles. The van der Waals surface area contributed by atoms with Gasteiger partial charge in [-0.2, -0.15) is 0 Å². The van der Waals surface area contributed by atoms with E-state index < -0.39 is 21.2 Å². The minimum absolute atomic E-state index is 0.164. The van der Waals surface area contributed by atoms with Crippen LogP contribution in [-0.4, -0.2) is 26.3 Å². The number of fused-ring (bicyclic) bond motifs is 3. The van der Waals surface area contributed by atoms with Gasteiger partial charge in [0.25, 0.3) is 11.2 Å². The van der Waals surface area contributed by atoms with Gasteiger partial charge in [-0.25, -0.2) is 9.38 Å². The van der Waals surface area contributed by atoms with Gasteiger partial charge in [-0.05, 0) is 66.9 Å². The van der Waals surface area contributed by atoms with E-state index in [0.29, 0.717) is 15.1 Å². The van der Waals surface area contributed by atoms with E-state index in [1.165, 1.54) is 18.4 Å². The predicted octanol–water partition coefficient (Wildman–Crippen LogP) is 4.69. The number of benzene rings is 3. The molecule has 12 heteroatoms. The fourth-order valence-corrected chi connectivity index (χ4v) is 4.88. The number of non-ortho nitro benzene ring substituents is 1. The van der Waals surface area contributed by atoms with E-state index in [1.54, 1.807) is 28.7 Å². The van der Waals surface area contributed by atoms with Gasteiger partial charge >= 0.3 is 5.69 Å². The van der Waals surface area contributed by atoms with Crippen LogP contribution in [0.3, 0.4) is 0 Å². The number of rotatable bonds is 6. The molecule has 0 aliphatic rings. The van der Waals surface area contributed by atoms with Gasteiger partial charge in [0.2, 0.25) is 5.75 Å². The molecule has 5 rings (SSSR count). The van der Waals surface area contributed by atoms with Crippen molar-refractivity contribution in [1.29, 1.82) is 0 Å². The first-order valence-electron chi connectivity index (χ1n) is 10.9. The summed E-state index contributed by atoms with van der Waals surface area (Å²) < 4.78 is 13.2. The Morgan fingerprint density at radius 3 is 2.38 bits per heavy atom. The lowest BCUT2D eigenvalue weighted by Crippen LogP contribution is -2.22. The molecule has 0 atom stereocenters. The van der Waals surface area contributed by atoms with Gasteiger partial charge in [0.15, 0.2) is 16.5 Å². The third-order valence-corrected chi connectivity index (χ3v) is 6.88. The highest BCUT2D eigenvalue weighted by Gasteiger charge is 2.22. The molecule has 0 spiro atoms. The van der Waals surface area contributed by atoms with Crippen LogP contribution in [0.2, 0.25) is 0 Å². The minimum atomic E-state index is -0.758. The van der Waals surface area contributed by atoms with E-state index in [2.05, 4.69) is 4.98 Å². The number of methoxy groups -OCH3 is 1. The Balaban J connectivity index is 1.54. The fraction of sp³-hybridized carbons (Fsp3) is 0.120. The van der Waals surface area contributed by atoms with Crippen LogP contribution in [0.5, 0.6) is 17.2 Å². The largest absolute Gasteiger partial charge is 0.493 e. The van der Waals surface area contributed by atoms with Crippen molar-refractivity contribution < 1.29 is 19.3 Å². The third-order valence-electron chi connectivity index (χ3n) is 5.91. The highest BCUT2D eigenvalue weighted by atomic mass is 32.1. The molecular formula is C25H18N4O7S. The number of nitro benzene ring substituents is 2. The van der Waals surface area contributed by atoms with Crippen LogP contribution in [0, 0.1) is 34.1 Å². The summed E-state index contributed by atoms with van der Waals surface area (Å²) in [4.78, 5) is 39.3. The molecule has 0 fully saturated rings. The second-order valence-electron chi connectivity index (χ2n) is 8.25. The topological polar surface area (TPSA) is 139 Å². The average Bonchev–Trinajstić information content (AvgIpc) is 3.35. The van der Waals surface area contributed by atoms with Crippen LogP contribution >= 0.6 is 11.3 Å². The summed E-state index contributed by atoms with van der Waals surface area (Å²) in [5, 5.41) is 22.4. The first kappa shape index (κ1) is 23.9. The number of hydrogen-bond donors (Lipinski definition) is 0. The Kier molecular flexibility index (Phi) is 5.80. The molecule has 0 amide bonds. The normalized spacial score (nSPS) is 11.8. The zero-order valence-electron chi connectivity index (χ0n) is 19.8. The molecule has 3 aromatic carbocycles. The SMILES string of the molecule is COc1cc(/C=c2\sc3nc4cc(C)c(C)cc4n3c2=O)ccc1Oc1ccc([N+](=O)[O-])cc1[N+](=O)[O-]. The minimum Gasteiger partial charge on any atom is -0.493 e. The van der Waals surface area contributed by atoms with E-state index >= 15 is 0 Å². The Bertz CT molecular complexity index is 1860. The maximum Gasteiger partial charge on any atom is 0.318 e. The molecule has 37 heavy (non-hydrogen) atoms. The molecule has 0 aliphatic heterocycles. The quantitative estimate of drug-likeness (QED) is 0.233. The number of hydrogen-bond acceptors (Lipinski definition) is 9. The molecular weight excluding hydrogens is 500 g/mol. The lowest BCUT2D eigenvalue weighted by molar-refractivity contribution is -0.394. The zero-order valence-corrected chi connectivity index (χ0v) is 20.6. The lowest BCUT2D eigenvalue weighted by atomic mass is 10.1. The molecule has 0 N–H and O–H groups in total. The van der Waals surface area contributed by atoms with Gasteiger partial charge in [0.1, 0.15) is 0 Å². The molecule has 0 unspecified atom stereocenters. The molecule has 11 nitrogen and oxygen atoms in total. The van der Waals surface area contributed by atoms with Crippen molar-refractivity contribution in [2.75, 3.05) is 7.11 Å². The smallest absolute Gasteiger partial charge is 0.318 e. The van der Waals surface area contributed by atoms with Gasteiger partial charge in [-0.3, -0.25) is 25.0 Å². The van der Waals surface area contributed by atoms with Gasteiger partial charge in [0.05, 0.1) is 38.6 Å². The van der Waals surface area contributed by atoms with Crippen molar-refractivity contribution in [3.63, 3.8) is 0 Å². The van der Waals surface area contributed by atoms with Crippen LogP contribution in [0.1, 0.15) is 16.7 Å². The maximum absolute atomic E-state index is 13.2. The number of imidazole rings is 1. The Morgan fingerprint density at radius 2 is 1.68 bits per heavy atom. The van der Waals surface area contributed by atoms with Crippen molar-refractivity contribution in [3.05, 3.63) is 100 Å². The first-order valence-corrected chi connectivity index (χ1v) is 11.7. The molecule has 5 aromatic rings. The predicted molar refractivity (Wildman–Crippen MR) is 138 cm³/mol. The molecule has 2 heterocycles. The van der Waals surface area contributed by atoms with Gasteiger partial charge in [0, 0.05) is 6.07 Å². The second kappa shape index (κ2) is 8.99. The molecule has 2 aromatic heterocycles.